The Hall–Kier alpha value is -5.19. The summed E-state index contributed by atoms with van der Waals surface area (Å²) in [5.41, 5.74) is 9.97. The van der Waals surface area contributed by atoms with Crippen LogP contribution in [0.1, 0.15) is 0 Å². The molecule has 0 aliphatic heterocycles. The van der Waals surface area contributed by atoms with E-state index in [2.05, 4.69) is 120 Å². The molecule has 3 nitrogen and oxygen atoms in total. The topological polar surface area (TPSA) is 31.0 Å². The first-order valence-corrected chi connectivity index (χ1v) is 14.5. The quantitative estimate of drug-likeness (QED) is 0.222. The van der Waals surface area contributed by atoms with Gasteiger partial charge in [0, 0.05) is 32.8 Å². The van der Waals surface area contributed by atoms with Gasteiger partial charge in [0.15, 0.2) is 0 Å². The summed E-state index contributed by atoms with van der Waals surface area (Å²) in [6.45, 7) is 0. The highest BCUT2D eigenvalue weighted by atomic mass is 32.1. The molecule has 4 heteroatoms. The third-order valence-electron chi connectivity index (χ3n) is 8.05. The Morgan fingerprint density at radius 3 is 2.15 bits per heavy atom. The van der Waals surface area contributed by atoms with Gasteiger partial charge >= 0.3 is 0 Å². The van der Waals surface area contributed by atoms with E-state index in [1.807, 2.05) is 18.2 Å². The van der Waals surface area contributed by atoms with Gasteiger partial charge in [-0.2, -0.15) is 0 Å². The molecule has 3 aromatic heterocycles. The van der Waals surface area contributed by atoms with Gasteiger partial charge < -0.3 is 8.98 Å². The number of thiazole rings is 1. The predicted molar refractivity (Wildman–Crippen MR) is 172 cm³/mol. The van der Waals surface area contributed by atoms with Gasteiger partial charge in [-0.1, -0.05) is 91.0 Å². The van der Waals surface area contributed by atoms with Crippen molar-refractivity contribution in [3.05, 3.63) is 133 Å². The van der Waals surface area contributed by atoms with Crippen LogP contribution in [0.3, 0.4) is 0 Å². The number of hydrogen-bond acceptors (Lipinski definition) is 3. The molecule has 0 aliphatic rings. The number of aromatic nitrogens is 2. The Morgan fingerprint density at radius 2 is 1.27 bits per heavy atom. The predicted octanol–water partition coefficient (Wildman–Crippen LogP) is 10.6. The highest BCUT2D eigenvalue weighted by Crippen LogP contribution is 2.41. The minimum atomic E-state index is 0.909. The first-order chi connectivity index (χ1) is 20.3. The van der Waals surface area contributed by atoms with Crippen LogP contribution in [0.5, 0.6) is 0 Å². The maximum atomic E-state index is 6.11. The molecule has 0 N–H and O–H groups in total. The summed E-state index contributed by atoms with van der Waals surface area (Å²) in [6, 6.07) is 47.1. The van der Waals surface area contributed by atoms with E-state index in [1.54, 1.807) is 11.3 Å². The van der Waals surface area contributed by atoms with E-state index in [0.717, 1.165) is 38.0 Å². The molecular weight excluding hydrogens is 520 g/mol. The monoisotopic (exact) mass is 542 g/mol. The molecule has 192 valence electrons. The summed E-state index contributed by atoms with van der Waals surface area (Å²) in [4.78, 5) is 5.02. The lowest BCUT2D eigenvalue weighted by Gasteiger charge is -2.09. The molecule has 41 heavy (non-hydrogen) atoms. The minimum absolute atomic E-state index is 0.909. The van der Waals surface area contributed by atoms with Gasteiger partial charge in [-0.25, -0.2) is 4.98 Å². The minimum Gasteiger partial charge on any atom is -0.456 e. The third-order valence-corrected chi connectivity index (χ3v) is 9.19. The number of hydrogen-bond donors (Lipinski definition) is 0. The highest BCUT2D eigenvalue weighted by molar-refractivity contribution is 7.22. The van der Waals surface area contributed by atoms with Gasteiger partial charge in [0.2, 0.25) is 0 Å². The average molecular weight is 543 g/mol. The van der Waals surface area contributed by atoms with Gasteiger partial charge in [-0.05, 0) is 53.6 Å². The molecule has 0 radical (unpaired) electrons. The van der Waals surface area contributed by atoms with Crippen LogP contribution in [0.2, 0.25) is 0 Å². The Morgan fingerprint density at radius 1 is 0.537 bits per heavy atom. The van der Waals surface area contributed by atoms with Gasteiger partial charge in [0.05, 0.1) is 21.3 Å². The fourth-order valence-corrected chi connectivity index (χ4v) is 7.35. The molecule has 6 aromatic carbocycles. The second kappa shape index (κ2) is 8.65. The van der Waals surface area contributed by atoms with Crippen molar-refractivity contribution in [2.45, 2.75) is 0 Å². The van der Waals surface area contributed by atoms with E-state index in [-0.39, 0.29) is 0 Å². The lowest BCUT2D eigenvalue weighted by Crippen LogP contribution is -1.92. The van der Waals surface area contributed by atoms with Crippen molar-refractivity contribution in [2.24, 2.45) is 0 Å². The third kappa shape index (κ3) is 3.35. The lowest BCUT2D eigenvalue weighted by molar-refractivity contribution is 0.669. The summed E-state index contributed by atoms with van der Waals surface area (Å²) >= 11 is 1.73. The normalized spacial score (nSPS) is 11.9. The van der Waals surface area contributed by atoms with Crippen molar-refractivity contribution in [3.63, 3.8) is 0 Å². The smallest absolute Gasteiger partial charge is 0.137 e. The molecule has 0 amide bonds. The zero-order chi connectivity index (χ0) is 26.9. The summed E-state index contributed by atoms with van der Waals surface area (Å²) in [5.74, 6) is 0. The molecule has 9 rings (SSSR count). The Bertz CT molecular complexity index is 2410. The van der Waals surface area contributed by atoms with Crippen LogP contribution >= 0.6 is 11.3 Å². The van der Waals surface area contributed by atoms with E-state index in [9.17, 15) is 0 Å². The SMILES string of the molecule is c1ccc(-n2c3ccccc3c3c(-c4ccc(-c5nc6ccc7oc8ccccc8c7c6s5)cc4)cccc32)cc1. The molecule has 3 heterocycles. The number of fused-ring (bicyclic) bond motifs is 8. The largest absolute Gasteiger partial charge is 0.456 e. The fourth-order valence-electron chi connectivity index (χ4n) is 6.23. The summed E-state index contributed by atoms with van der Waals surface area (Å²) < 4.78 is 9.65. The van der Waals surface area contributed by atoms with Crippen LogP contribution < -0.4 is 0 Å². The Labute approximate surface area is 239 Å². The lowest BCUT2D eigenvalue weighted by atomic mass is 9.98. The summed E-state index contributed by atoms with van der Waals surface area (Å²) in [6.07, 6.45) is 0. The van der Waals surface area contributed by atoms with Crippen molar-refractivity contribution in [1.82, 2.24) is 9.55 Å². The van der Waals surface area contributed by atoms with E-state index in [4.69, 9.17) is 9.40 Å². The number of nitrogens with zero attached hydrogens (tertiary/aromatic N) is 2. The van der Waals surface area contributed by atoms with Crippen LogP contribution in [0.15, 0.2) is 138 Å². The molecule has 0 unspecified atom stereocenters. The van der Waals surface area contributed by atoms with Crippen molar-refractivity contribution in [3.8, 4) is 27.4 Å². The first kappa shape index (κ1) is 22.6. The van der Waals surface area contributed by atoms with Crippen molar-refractivity contribution < 1.29 is 4.42 Å². The van der Waals surface area contributed by atoms with Crippen LogP contribution in [0.4, 0.5) is 0 Å². The molecule has 0 bridgehead atoms. The maximum absolute atomic E-state index is 6.11. The second-order valence-electron chi connectivity index (χ2n) is 10.4. The van der Waals surface area contributed by atoms with Crippen LogP contribution in [0, 0.1) is 0 Å². The number of para-hydroxylation sites is 3. The molecule has 0 spiro atoms. The number of rotatable bonds is 3. The van der Waals surface area contributed by atoms with Crippen molar-refractivity contribution in [2.75, 3.05) is 0 Å². The van der Waals surface area contributed by atoms with E-state index >= 15 is 0 Å². The number of furan rings is 1. The van der Waals surface area contributed by atoms with Gasteiger partial charge in [0.25, 0.3) is 0 Å². The molecule has 0 aliphatic carbocycles. The van der Waals surface area contributed by atoms with E-state index in [0.29, 0.717) is 0 Å². The zero-order valence-electron chi connectivity index (χ0n) is 21.9. The molecule has 0 atom stereocenters. The van der Waals surface area contributed by atoms with Crippen LogP contribution in [-0.2, 0) is 0 Å². The second-order valence-corrected chi connectivity index (χ2v) is 11.4. The number of benzene rings is 6. The zero-order valence-corrected chi connectivity index (χ0v) is 22.7. The molecule has 9 aromatic rings. The van der Waals surface area contributed by atoms with Crippen LogP contribution in [-0.4, -0.2) is 9.55 Å². The van der Waals surface area contributed by atoms with Crippen molar-refractivity contribution >= 4 is 65.3 Å². The highest BCUT2D eigenvalue weighted by Gasteiger charge is 2.17. The van der Waals surface area contributed by atoms with E-state index in [1.165, 1.54) is 43.3 Å². The van der Waals surface area contributed by atoms with Crippen LogP contribution in [0.25, 0.3) is 81.3 Å². The summed E-state index contributed by atoms with van der Waals surface area (Å²) in [7, 11) is 0. The average Bonchev–Trinajstić information content (AvgIpc) is 3.73. The van der Waals surface area contributed by atoms with Crippen molar-refractivity contribution in [1.29, 1.82) is 0 Å². The first-order valence-electron chi connectivity index (χ1n) is 13.7. The Kier molecular flexibility index (Phi) is 4.77. The van der Waals surface area contributed by atoms with Gasteiger partial charge in [-0.15, -0.1) is 11.3 Å². The molecule has 0 saturated heterocycles. The molecule has 0 fully saturated rings. The van der Waals surface area contributed by atoms with Gasteiger partial charge in [-0.3, -0.25) is 0 Å². The molecule has 0 saturated carbocycles. The fraction of sp³-hybridized carbons (Fsp3) is 0. The van der Waals surface area contributed by atoms with E-state index < -0.39 is 0 Å². The maximum Gasteiger partial charge on any atom is 0.137 e. The van der Waals surface area contributed by atoms with Gasteiger partial charge in [0.1, 0.15) is 16.2 Å². The standard InChI is InChI=1S/C37H22N2OS/c1-2-9-25(10-3-1)39-30-14-6-4-11-27(30)34-26(13-8-15-31(34)39)23-17-19-24(20-18-23)37-38-29-21-22-33-35(36(29)41-37)28-12-5-7-16-32(28)40-33/h1-22H. The Balaban J connectivity index is 1.19. The summed E-state index contributed by atoms with van der Waals surface area (Å²) in [5, 5.41) is 5.84. The molecular formula is C37H22N2OS.